The van der Waals surface area contributed by atoms with Gasteiger partial charge in [-0.15, -0.1) is 0 Å². The number of nitrogens with zero attached hydrogens (tertiary/aromatic N) is 2. The molecule has 9 heteroatoms. The maximum atomic E-state index is 13.6. The molecule has 30 heavy (non-hydrogen) atoms. The number of imidazole rings is 1. The number of pyridine rings is 2. The summed E-state index contributed by atoms with van der Waals surface area (Å²) in [5, 5.41) is 2.04. The van der Waals surface area contributed by atoms with Crippen molar-refractivity contribution in [1.29, 1.82) is 0 Å². The van der Waals surface area contributed by atoms with Gasteiger partial charge in [-0.3, -0.25) is 9.78 Å². The third-order valence-electron chi connectivity index (χ3n) is 4.57. The van der Waals surface area contributed by atoms with E-state index in [0.717, 1.165) is 6.20 Å². The van der Waals surface area contributed by atoms with Crippen LogP contribution in [0.1, 0.15) is 22.2 Å². The Bertz CT molecular complexity index is 1190. The van der Waals surface area contributed by atoms with Crippen molar-refractivity contribution in [2.24, 2.45) is 0 Å². The van der Waals surface area contributed by atoms with Gasteiger partial charge >= 0.3 is 17.9 Å². The number of amides is 1. The Labute approximate surface area is 168 Å². The maximum Gasteiger partial charge on any atom is 0.412 e. The number of aromatic amines is 1. The van der Waals surface area contributed by atoms with Crippen LogP contribution in [0.5, 0.6) is 0 Å². The molecular weight excluding hydrogens is 400 g/mol. The van der Waals surface area contributed by atoms with Gasteiger partial charge in [-0.25, -0.2) is 9.37 Å². The van der Waals surface area contributed by atoms with Crippen LogP contribution in [0.25, 0.3) is 16.8 Å². The van der Waals surface area contributed by atoms with E-state index in [2.05, 4.69) is 9.97 Å². The van der Waals surface area contributed by atoms with E-state index in [1.165, 1.54) is 47.0 Å². The largest absolute Gasteiger partial charge is 0.412 e. The minimum absolute atomic E-state index is 0.0944. The number of H-pyrrole nitrogens is 1. The standard InChI is InChI=1S/C21H14F4N4O/c22-15-8-6-13(7-9-15)17-16-5-1-2-11-29(16)19(27-17)20(30)28-18(21(23,24)25)14-4-3-10-26-12-14/h1-12,18H,(H,28,30)/p+1. The SMILES string of the molecule is O=C(NC(c1cccnc1)C(F)(F)F)c1[nH]c(-c2ccc(F)cc2)c2cccc[n+]12. The Kier molecular flexibility index (Phi) is 4.94. The molecule has 1 aromatic carbocycles. The number of aromatic nitrogens is 3. The molecule has 4 rings (SSSR count). The fourth-order valence-corrected chi connectivity index (χ4v) is 3.19. The topological polar surface area (TPSA) is 61.9 Å². The fourth-order valence-electron chi connectivity index (χ4n) is 3.19. The summed E-state index contributed by atoms with van der Waals surface area (Å²) in [6.07, 6.45) is -0.754. The second kappa shape index (κ2) is 7.58. The van der Waals surface area contributed by atoms with Crippen LogP contribution in [0, 0.1) is 5.82 Å². The summed E-state index contributed by atoms with van der Waals surface area (Å²) < 4.78 is 55.6. The number of fused-ring (bicyclic) bond motifs is 1. The normalized spacial score (nSPS) is 12.7. The molecule has 0 spiro atoms. The van der Waals surface area contributed by atoms with Crippen LogP contribution in [0.3, 0.4) is 0 Å². The third kappa shape index (κ3) is 3.73. The van der Waals surface area contributed by atoms with Gasteiger partial charge in [0.25, 0.3) is 0 Å². The van der Waals surface area contributed by atoms with Crippen molar-refractivity contribution in [3.63, 3.8) is 0 Å². The molecule has 1 unspecified atom stereocenters. The lowest BCUT2D eigenvalue weighted by molar-refractivity contribution is -0.514. The molecule has 3 aromatic heterocycles. The quantitative estimate of drug-likeness (QED) is 0.391. The third-order valence-corrected chi connectivity index (χ3v) is 4.57. The fraction of sp³-hybridized carbons (Fsp3) is 0.0952. The van der Waals surface area contributed by atoms with Gasteiger partial charge < -0.3 is 5.32 Å². The van der Waals surface area contributed by atoms with Gasteiger partial charge in [0.2, 0.25) is 0 Å². The summed E-state index contributed by atoms with van der Waals surface area (Å²) in [7, 11) is 0. The molecule has 152 valence electrons. The first-order valence-corrected chi connectivity index (χ1v) is 8.90. The number of benzene rings is 1. The summed E-state index contributed by atoms with van der Waals surface area (Å²) in [4.78, 5) is 19.4. The van der Waals surface area contributed by atoms with Gasteiger partial charge in [0.15, 0.2) is 17.3 Å². The molecule has 0 saturated heterocycles. The molecule has 4 aromatic rings. The van der Waals surface area contributed by atoms with Crippen LogP contribution in [-0.4, -0.2) is 22.1 Å². The number of halogens is 4. The van der Waals surface area contributed by atoms with Gasteiger partial charge in [-0.1, -0.05) is 12.1 Å². The lowest BCUT2D eigenvalue weighted by Crippen LogP contribution is -2.42. The highest BCUT2D eigenvalue weighted by Gasteiger charge is 2.43. The molecule has 0 aliphatic rings. The predicted octanol–water partition coefficient (Wildman–Crippen LogP) is 3.99. The van der Waals surface area contributed by atoms with E-state index in [4.69, 9.17) is 0 Å². The van der Waals surface area contributed by atoms with Crippen LogP contribution in [0.15, 0.2) is 73.2 Å². The summed E-state index contributed by atoms with van der Waals surface area (Å²) in [6, 6.07) is 11.0. The number of rotatable bonds is 4. The molecule has 0 radical (unpaired) electrons. The molecule has 0 saturated carbocycles. The van der Waals surface area contributed by atoms with Crippen LogP contribution in [0.2, 0.25) is 0 Å². The highest BCUT2D eigenvalue weighted by Crippen LogP contribution is 2.32. The zero-order valence-electron chi connectivity index (χ0n) is 15.3. The molecule has 1 amide bonds. The predicted molar refractivity (Wildman–Crippen MR) is 99.8 cm³/mol. The van der Waals surface area contributed by atoms with Gasteiger partial charge in [0, 0.05) is 23.5 Å². The van der Waals surface area contributed by atoms with Crippen molar-refractivity contribution >= 4 is 11.4 Å². The number of carbonyl (C=O) groups excluding carboxylic acids is 1. The van der Waals surface area contributed by atoms with Crippen molar-refractivity contribution in [1.82, 2.24) is 15.3 Å². The van der Waals surface area contributed by atoms with Gasteiger partial charge in [-0.05, 0) is 42.5 Å². The van der Waals surface area contributed by atoms with E-state index in [1.807, 2.05) is 5.32 Å². The average molecular weight is 415 g/mol. The molecule has 0 aliphatic heterocycles. The average Bonchev–Trinajstić information content (AvgIpc) is 3.12. The molecular formula is C21H15F4N4O+. The first-order chi connectivity index (χ1) is 14.3. The number of hydrogen-bond donors (Lipinski definition) is 2. The first kappa shape index (κ1) is 19.6. The van der Waals surface area contributed by atoms with Gasteiger partial charge in [0.1, 0.15) is 5.82 Å². The minimum atomic E-state index is -4.72. The summed E-state index contributed by atoms with van der Waals surface area (Å²) in [5.74, 6) is -1.47. The molecule has 1 atom stereocenters. The van der Waals surface area contributed by atoms with E-state index < -0.39 is 23.9 Å². The van der Waals surface area contributed by atoms with E-state index in [1.54, 1.807) is 24.4 Å². The van der Waals surface area contributed by atoms with Crippen molar-refractivity contribution in [3.05, 3.63) is 90.4 Å². The Morgan fingerprint density at radius 1 is 1.07 bits per heavy atom. The second-order valence-corrected chi connectivity index (χ2v) is 6.55. The first-order valence-electron chi connectivity index (χ1n) is 8.90. The molecule has 5 nitrogen and oxygen atoms in total. The second-order valence-electron chi connectivity index (χ2n) is 6.55. The van der Waals surface area contributed by atoms with Crippen molar-refractivity contribution in [2.75, 3.05) is 0 Å². The van der Waals surface area contributed by atoms with Crippen LogP contribution >= 0.6 is 0 Å². The Hall–Kier alpha value is -3.75. The van der Waals surface area contributed by atoms with Gasteiger partial charge in [-0.2, -0.15) is 17.6 Å². The number of alkyl halides is 3. The smallest absolute Gasteiger partial charge is 0.330 e. The number of nitrogens with one attached hydrogen (secondary N) is 2. The lowest BCUT2D eigenvalue weighted by Gasteiger charge is -2.20. The zero-order chi connectivity index (χ0) is 21.3. The van der Waals surface area contributed by atoms with Gasteiger partial charge in [0.05, 0.1) is 6.20 Å². The lowest BCUT2D eigenvalue weighted by atomic mass is 10.1. The highest BCUT2D eigenvalue weighted by molar-refractivity contribution is 5.91. The number of carbonyl (C=O) groups is 1. The maximum absolute atomic E-state index is 13.6. The molecule has 3 heterocycles. The Morgan fingerprint density at radius 3 is 2.50 bits per heavy atom. The van der Waals surface area contributed by atoms with Crippen LogP contribution < -0.4 is 9.72 Å². The molecule has 2 N–H and O–H groups in total. The van der Waals surface area contributed by atoms with Crippen LogP contribution in [-0.2, 0) is 0 Å². The molecule has 0 aliphatic carbocycles. The van der Waals surface area contributed by atoms with E-state index in [0.29, 0.717) is 16.8 Å². The minimum Gasteiger partial charge on any atom is -0.330 e. The van der Waals surface area contributed by atoms with E-state index in [-0.39, 0.29) is 11.4 Å². The Morgan fingerprint density at radius 2 is 1.83 bits per heavy atom. The highest BCUT2D eigenvalue weighted by atomic mass is 19.4. The van der Waals surface area contributed by atoms with Crippen LogP contribution in [0.4, 0.5) is 17.6 Å². The Balaban J connectivity index is 1.75. The summed E-state index contributed by atoms with van der Waals surface area (Å²) in [5.41, 5.74) is 1.43. The number of hydrogen-bond acceptors (Lipinski definition) is 2. The van der Waals surface area contributed by atoms with Crippen molar-refractivity contribution < 1.29 is 26.8 Å². The van der Waals surface area contributed by atoms with Crippen molar-refractivity contribution in [2.45, 2.75) is 12.2 Å². The van der Waals surface area contributed by atoms with E-state index in [9.17, 15) is 22.4 Å². The molecule has 0 bridgehead atoms. The summed E-state index contributed by atoms with van der Waals surface area (Å²) in [6.45, 7) is 0. The van der Waals surface area contributed by atoms with Crippen molar-refractivity contribution in [3.8, 4) is 11.3 Å². The zero-order valence-corrected chi connectivity index (χ0v) is 15.3. The summed E-state index contributed by atoms with van der Waals surface area (Å²) >= 11 is 0. The van der Waals surface area contributed by atoms with E-state index >= 15 is 0 Å². The molecule has 0 fully saturated rings. The monoisotopic (exact) mass is 415 g/mol.